The smallest absolute Gasteiger partial charge is 0.339 e. The van der Waals surface area contributed by atoms with Crippen molar-refractivity contribution in [3.05, 3.63) is 52.5 Å². The summed E-state index contributed by atoms with van der Waals surface area (Å²) in [6, 6.07) is 8.84. The maximum Gasteiger partial charge on any atom is 0.339 e. The highest BCUT2D eigenvalue weighted by Gasteiger charge is 2.18. The maximum atomic E-state index is 12.2. The summed E-state index contributed by atoms with van der Waals surface area (Å²) >= 11 is 5.84. The van der Waals surface area contributed by atoms with Crippen LogP contribution in [-0.4, -0.2) is 37.0 Å². The molecule has 2 N–H and O–H groups in total. The number of carboxylic acids is 1. The molecule has 2 rings (SSSR count). The fourth-order valence-corrected chi connectivity index (χ4v) is 3.26. The minimum Gasteiger partial charge on any atom is -0.505 e. The van der Waals surface area contributed by atoms with E-state index in [0.717, 1.165) is 11.6 Å². The van der Waals surface area contributed by atoms with Crippen LogP contribution in [-0.2, 0) is 9.84 Å². The van der Waals surface area contributed by atoms with Crippen LogP contribution in [0.15, 0.2) is 41.3 Å². The standard InChI is InChI=1S/C16H15ClO6S/c1-10-2-4-11(5-3-10)24(21,22)9-8-23-13-7-6-12(16(19)20)15(18)14(13)17/h2-7,18H,8-9H2,1H3,(H,19,20). The molecule has 6 nitrogen and oxygen atoms in total. The predicted octanol–water partition coefficient (Wildman–Crippen LogP) is 2.90. The van der Waals surface area contributed by atoms with Gasteiger partial charge in [-0.2, -0.15) is 0 Å². The summed E-state index contributed by atoms with van der Waals surface area (Å²) in [6.07, 6.45) is 0. The van der Waals surface area contributed by atoms with Gasteiger partial charge in [-0.15, -0.1) is 0 Å². The number of benzene rings is 2. The van der Waals surface area contributed by atoms with Gasteiger partial charge >= 0.3 is 5.97 Å². The van der Waals surface area contributed by atoms with Gasteiger partial charge in [0, 0.05) is 0 Å². The highest BCUT2D eigenvalue weighted by Crippen LogP contribution is 2.36. The van der Waals surface area contributed by atoms with Gasteiger partial charge in [-0.25, -0.2) is 13.2 Å². The number of aromatic hydroxyl groups is 1. The second kappa shape index (κ2) is 7.11. The van der Waals surface area contributed by atoms with Crippen molar-refractivity contribution in [3.8, 4) is 11.5 Å². The summed E-state index contributed by atoms with van der Waals surface area (Å²) < 4.78 is 29.6. The lowest BCUT2D eigenvalue weighted by Gasteiger charge is -2.11. The first kappa shape index (κ1) is 18.1. The lowest BCUT2D eigenvalue weighted by Crippen LogP contribution is -2.14. The normalized spacial score (nSPS) is 11.2. The first-order valence-corrected chi connectivity index (χ1v) is 8.92. The lowest BCUT2D eigenvalue weighted by atomic mass is 10.2. The van der Waals surface area contributed by atoms with Gasteiger partial charge in [-0.05, 0) is 31.2 Å². The topological polar surface area (TPSA) is 101 Å². The van der Waals surface area contributed by atoms with Gasteiger partial charge in [0.25, 0.3) is 0 Å². The van der Waals surface area contributed by atoms with Crippen molar-refractivity contribution >= 4 is 27.4 Å². The van der Waals surface area contributed by atoms with E-state index in [4.69, 9.17) is 21.4 Å². The molecule has 0 aliphatic rings. The number of rotatable bonds is 6. The van der Waals surface area contributed by atoms with Gasteiger partial charge in [0.05, 0.1) is 10.6 Å². The van der Waals surface area contributed by atoms with E-state index in [1.807, 2.05) is 6.92 Å². The summed E-state index contributed by atoms with van der Waals surface area (Å²) in [5.41, 5.74) is 0.589. The van der Waals surface area contributed by atoms with E-state index in [9.17, 15) is 18.3 Å². The number of hydrogen-bond donors (Lipinski definition) is 2. The summed E-state index contributed by atoms with van der Waals surface area (Å²) in [6.45, 7) is 1.66. The molecule has 0 aliphatic heterocycles. The Morgan fingerprint density at radius 3 is 2.38 bits per heavy atom. The Balaban J connectivity index is 2.08. The molecule has 0 unspecified atom stereocenters. The third-order valence-electron chi connectivity index (χ3n) is 3.30. The maximum absolute atomic E-state index is 12.2. The van der Waals surface area contributed by atoms with Crippen molar-refractivity contribution in [2.75, 3.05) is 12.4 Å². The van der Waals surface area contributed by atoms with Gasteiger partial charge in [-0.3, -0.25) is 0 Å². The van der Waals surface area contributed by atoms with Crippen molar-refractivity contribution in [2.45, 2.75) is 11.8 Å². The van der Waals surface area contributed by atoms with E-state index >= 15 is 0 Å². The molecule has 0 heterocycles. The van der Waals surface area contributed by atoms with Crippen LogP contribution in [0.4, 0.5) is 0 Å². The van der Waals surface area contributed by atoms with Gasteiger partial charge in [0.2, 0.25) is 0 Å². The Labute approximate surface area is 144 Å². The van der Waals surface area contributed by atoms with Gasteiger partial charge in [0.15, 0.2) is 15.6 Å². The number of halogens is 1. The van der Waals surface area contributed by atoms with Crippen molar-refractivity contribution in [2.24, 2.45) is 0 Å². The predicted molar refractivity (Wildman–Crippen MR) is 88.8 cm³/mol. The summed E-state index contributed by atoms with van der Waals surface area (Å²) in [7, 11) is -3.52. The summed E-state index contributed by atoms with van der Waals surface area (Å²) in [5, 5.41) is 18.3. The van der Waals surface area contributed by atoms with Crippen LogP contribution in [0.5, 0.6) is 11.5 Å². The van der Waals surface area contributed by atoms with E-state index in [-0.39, 0.29) is 33.6 Å². The van der Waals surface area contributed by atoms with E-state index in [0.29, 0.717) is 0 Å². The third kappa shape index (κ3) is 3.98. The first-order chi connectivity index (χ1) is 11.2. The molecule has 128 valence electrons. The fourth-order valence-electron chi connectivity index (χ4n) is 1.95. The monoisotopic (exact) mass is 370 g/mol. The zero-order chi connectivity index (χ0) is 17.9. The Kier molecular flexibility index (Phi) is 5.36. The van der Waals surface area contributed by atoms with Crippen molar-refractivity contribution in [1.82, 2.24) is 0 Å². The number of carbonyl (C=O) groups is 1. The van der Waals surface area contributed by atoms with Gasteiger partial charge < -0.3 is 14.9 Å². The molecule has 0 saturated heterocycles. The van der Waals surface area contributed by atoms with E-state index in [1.165, 1.54) is 18.2 Å². The molecule has 0 radical (unpaired) electrons. The summed E-state index contributed by atoms with van der Waals surface area (Å²) in [5.74, 6) is -2.22. The quantitative estimate of drug-likeness (QED) is 0.810. The van der Waals surface area contributed by atoms with Crippen LogP contribution in [0.1, 0.15) is 15.9 Å². The number of carboxylic acid groups (broad SMARTS) is 1. The van der Waals surface area contributed by atoms with E-state index < -0.39 is 21.6 Å². The molecule has 0 aromatic heterocycles. The molecule has 0 fully saturated rings. The SMILES string of the molecule is Cc1ccc(S(=O)(=O)CCOc2ccc(C(=O)O)c(O)c2Cl)cc1. The molecule has 2 aromatic rings. The van der Waals surface area contributed by atoms with Crippen LogP contribution < -0.4 is 4.74 Å². The molecule has 2 aromatic carbocycles. The van der Waals surface area contributed by atoms with Crippen LogP contribution in [0.2, 0.25) is 5.02 Å². The molecule has 0 aliphatic carbocycles. The molecule has 0 atom stereocenters. The number of aryl methyl sites for hydroxylation is 1. The highest BCUT2D eigenvalue weighted by molar-refractivity contribution is 7.91. The molecule has 8 heteroatoms. The molecule has 24 heavy (non-hydrogen) atoms. The Bertz CT molecular complexity index is 859. The largest absolute Gasteiger partial charge is 0.505 e. The van der Waals surface area contributed by atoms with Crippen molar-refractivity contribution < 1.29 is 28.2 Å². The molecule has 0 spiro atoms. The van der Waals surface area contributed by atoms with Crippen molar-refractivity contribution in [1.29, 1.82) is 0 Å². The van der Waals surface area contributed by atoms with Crippen molar-refractivity contribution in [3.63, 3.8) is 0 Å². The van der Waals surface area contributed by atoms with Crippen LogP contribution in [0, 0.1) is 6.92 Å². The van der Waals surface area contributed by atoms with Crippen LogP contribution in [0.3, 0.4) is 0 Å². The third-order valence-corrected chi connectivity index (χ3v) is 5.36. The van der Waals surface area contributed by atoms with Gasteiger partial charge in [-0.1, -0.05) is 29.3 Å². The fraction of sp³-hybridized carbons (Fsp3) is 0.188. The molecule has 0 amide bonds. The zero-order valence-electron chi connectivity index (χ0n) is 12.7. The average Bonchev–Trinajstić information content (AvgIpc) is 2.51. The van der Waals surface area contributed by atoms with Crippen LogP contribution in [0.25, 0.3) is 0 Å². The summed E-state index contributed by atoms with van der Waals surface area (Å²) in [4.78, 5) is 11.1. The lowest BCUT2D eigenvalue weighted by molar-refractivity contribution is 0.0693. The number of ether oxygens (including phenoxy) is 1. The van der Waals surface area contributed by atoms with E-state index in [1.54, 1.807) is 12.1 Å². The number of aromatic carboxylic acids is 1. The second-order valence-corrected chi connectivity index (χ2v) is 7.55. The van der Waals surface area contributed by atoms with E-state index in [2.05, 4.69) is 0 Å². The second-order valence-electron chi connectivity index (χ2n) is 5.06. The first-order valence-electron chi connectivity index (χ1n) is 6.89. The minimum absolute atomic E-state index is 0.0123. The number of phenols is 1. The molecule has 0 saturated carbocycles. The van der Waals surface area contributed by atoms with Crippen LogP contribution >= 0.6 is 11.6 Å². The zero-order valence-corrected chi connectivity index (χ0v) is 14.3. The molecular weight excluding hydrogens is 356 g/mol. The Hall–Kier alpha value is -2.25. The Morgan fingerprint density at radius 1 is 1.17 bits per heavy atom. The number of sulfone groups is 1. The van der Waals surface area contributed by atoms with Gasteiger partial charge in [0.1, 0.15) is 22.9 Å². The Morgan fingerprint density at radius 2 is 1.79 bits per heavy atom. The molecular formula is C16H15ClO6S. The number of hydrogen-bond acceptors (Lipinski definition) is 5. The highest BCUT2D eigenvalue weighted by atomic mass is 35.5. The average molecular weight is 371 g/mol. The minimum atomic E-state index is -3.52. The molecule has 0 bridgehead atoms.